The average molecular weight is 388 g/mol. The van der Waals surface area contributed by atoms with Gasteiger partial charge in [-0.2, -0.15) is 0 Å². The largest absolute Gasteiger partial charge is 0.487 e. The van der Waals surface area contributed by atoms with E-state index in [4.69, 9.17) is 15.5 Å². The highest BCUT2D eigenvalue weighted by atomic mass is 127. The molecule has 4 nitrogen and oxygen atoms in total. The van der Waals surface area contributed by atoms with E-state index in [1.807, 2.05) is 18.2 Å². The van der Waals surface area contributed by atoms with Crippen molar-refractivity contribution in [3.05, 3.63) is 27.8 Å². The zero-order valence-corrected chi connectivity index (χ0v) is 13.7. The topological polar surface area (TPSA) is 47.7 Å². The van der Waals surface area contributed by atoms with Crippen molar-refractivity contribution < 1.29 is 9.57 Å². The zero-order valence-electron chi connectivity index (χ0n) is 11.5. The van der Waals surface area contributed by atoms with Crippen molar-refractivity contribution in [2.24, 2.45) is 5.90 Å². The molecule has 2 atom stereocenters. The molecule has 1 saturated carbocycles. The minimum atomic E-state index is 0.240. The summed E-state index contributed by atoms with van der Waals surface area (Å²) in [5.41, 5.74) is 0. The summed E-state index contributed by atoms with van der Waals surface area (Å²) in [7, 11) is 0. The van der Waals surface area contributed by atoms with E-state index in [1.54, 1.807) is 0 Å². The smallest absolute Gasteiger partial charge is 0.133 e. The molecule has 2 unspecified atom stereocenters. The molecule has 0 amide bonds. The summed E-state index contributed by atoms with van der Waals surface area (Å²) in [6.07, 6.45) is 5.20. The van der Waals surface area contributed by atoms with Gasteiger partial charge in [0.2, 0.25) is 0 Å². The molecule has 20 heavy (non-hydrogen) atoms. The Kier molecular flexibility index (Phi) is 4.80. The molecular weight excluding hydrogens is 367 g/mol. The molecule has 1 heterocycles. The van der Waals surface area contributed by atoms with Gasteiger partial charge in [-0.15, -0.1) is 0 Å². The summed E-state index contributed by atoms with van der Waals surface area (Å²) in [6, 6.07) is 8.81. The van der Waals surface area contributed by atoms with E-state index < -0.39 is 0 Å². The van der Waals surface area contributed by atoms with Gasteiger partial charge in [0.05, 0.1) is 9.67 Å². The first-order chi connectivity index (χ1) is 9.76. The molecule has 110 valence electrons. The van der Waals surface area contributed by atoms with Crippen molar-refractivity contribution in [1.82, 2.24) is 4.90 Å². The monoisotopic (exact) mass is 388 g/mol. The molecule has 3 rings (SSSR count). The second-order valence-corrected chi connectivity index (χ2v) is 6.86. The molecule has 5 heteroatoms. The number of hydrogen-bond acceptors (Lipinski definition) is 4. The molecule has 1 aliphatic heterocycles. The lowest BCUT2D eigenvalue weighted by molar-refractivity contribution is -0.0532. The van der Waals surface area contributed by atoms with Gasteiger partial charge in [-0.05, 0) is 60.4 Å². The first-order valence-electron chi connectivity index (χ1n) is 7.27. The first kappa shape index (κ1) is 14.6. The van der Waals surface area contributed by atoms with Crippen molar-refractivity contribution in [1.29, 1.82) is 0 Å². The number of hydrogen-bond donors (Lipinski definition) is 1. The number of benzene rings is 1. The highest BCUT2D eigenvalue weighted by molar-refractivity contribution is 14.1. The predicted octanol–water partition coefficient (Wildman–Crippen LogP) is 2.56. The van der Waals surface area contributed by atoms with Crippen LogP contribution in [-0.4, -0.2) is 36.2 Å². The van der Waals surface area contributed by atoms with Gasteiger partial charge < -0.3 is 9.57 Å². The third-order valence-electron chi connectivity index (χ3n) is 4.31. The Labute approximate surface area is 133 Å². The van der Waals surface area contributed by atoms with Gasteiger partial charge in [0, 0.05) is 19.1 Å². The summed E-state index contributed by atoms with van der Waals surface area (Å²) >= 11 is 2.32. The number of nitrogens with two attached hydrogens (primary N) is 1. The molecule has 2 N–H and O–H groups in total. The normalized spacial score (nSPS) is 28.1. The lowest BCUT2D eigenvalue weighted by atomic mass is 9.89. The third kappa shape index (κ3) is 3.27. The summed E-state index contributed by atoms with van der Waals surface area (Å²) in [5, 5.41) is 0. The molecule has 0 spiro atoms. The van der Waals surface area contributed by atoms with E-state index in [1.165, 1.54) is 16.4 Å². The van der Waals surface area contributed by atoms with Crippen LogP contribution < -0.4 is 10.6 Å². The summed E-state index contributed by atoms with van der Waals surface area (Å²) in [4.78, 5) is 7.53. The standard InChI is InChI=1S/C15H21IN2O2/c16-14-6-1-2-7-15(14)19-13-9-18(10-13)11-4-3-5-12(8-11)20-17/h1-2,6-7,11-13H,3-5,8-10,17H2. The number of rotatable bonds is 4. The third-order valence-corrected chi connectivity index (χ3v) is 5.21. The van der Waals surface area contributed by atoms with Gasteiger partial charge in [0.1, 0.15) is 11.9 Å². The lowest BCUT2D eigenvalue weighted by Crippen LogP contribution is -2.59. The quantitative estimate of drug-likeness (QED) is 0.636. The Morgan fingerprint density at radius 1 is 1.15 bits per heavy atom. The maximum absolute atomic E-state index is 6.05. The van der Waals surface area contributed by atoms with Crippen LogP contribution >= 0.6 is 22.6 Å². The van der Waals surface area contributed by atoms with Crippen LogP contribution in [0.3, 0.4) is 0 Å². The van der Waals surface area contributed by atoms with E-state index in [2.05, 4.69) is 33.6 Å². The Hall–Kier alpha value is -0.370. The Balaban J connectivity index is 1.48. The van der Waals surface area contributed by atoms with Crippen molar-refractivity contribution >= 4 is 22.6 Å². The highest BCUT2D eigenvalue weighted by Gasteiger charge is 2.36. The summed E-state index contributed by atoms with van der Waals surface area (Å²) in [5.74, 6) is 6.33. The van der Waals surface area contributed by atoms with Crippen LogP contribution in [0.4, 0.5) is 0 Å². The van der Waals surface area contributed by atoms with Crippen LogP contribution in [0.25, 0.3) is 0 Å². The van der Waals surface area contributed by atoms with E-state index in [-0.39, 0.29) is 6.10 Å². The molecule has 2 fully saturated rings. The number of halogens is 1. The van der Waals surface area contributed by atoms with Gasteiger partial charge in [-0.3, -0.25) is 4.90 Å². The molecule has 1 aromatic carbocycles. The fourth-order valence-corrected chi connectivity index (χ4v) is 3.65. The highest BCUT2D eigenvalue weighted by Crippen LogP contribution is 2.30. The van der Waals surface area contributed by atoms with E-state index in [9.17, 15) is 0 Å². The summed E-state index contributed by atoms with van der Waals surface area (Å²) in [6.45, 7) is 2.04. The van der Waals surface area contributed by atoms with Gasteiger partial charge >= 0.3 is 0 Å². The maximum Gasteiger partial charge on any atom is 0.133 e. The van der Waals surface area contributed by atoms with Crippen molar-refractivity contribution in [2.75, 3.05) is 13.1 Å². The number of nitrogens with zero attached hydrogens (tertiary/aromatic N) is 1. The lowest BCUT2D eigenvalue weighted by Gasteiger charge is -2.46. The number of para-hydroxylation sites is 1. The maximum atomic E-state index is 6.05. The van der Waals surface area contributed by atoms with Crippen LogP contribution in [0.5, 0.6) is 5.75 Å². The second kappa shape index (κ2) is 6.60. The van der Waals surface area contributed by atoms with Crippen LogP contribution in [0.2, 0.25) is 0 Å². The molecule has 1 saturated heterocycles. The van der Waals surface area contributed by atoms with Crippen LogP contribution in [-0.2, 0) is 4.84 Å². The fourth-order valence-electron chi connectivity index (χ4n) is 3.14. The Bertz CT molecular complexity index is 451. The minimum Gasteiger partial charge on any atom is -0.487 e. The first-order valence-corrected chi connectivity index (χ1v) is 8.35. The van der Waals surface area contributed by atoms with Gasteiger partial charge in [-0.25, -0.2) is 5.90 Å². The molecule has 1 aliphatic carbocycles. The van der Waals surface area contributed by atoms with Crippen LogP contribution in [0.15, 0.2) is 24.3 Å². The van der Waals surface area contributed by atoms with Crippen molar-refractivity contribution in [3.63, 3.8) is 0 Å². The second-order valence-electron chi connectivity index (χ2n) is 5.70. The SMILES string of the molecule is NOC1CCCC(N2CC(Oc3ccccc3I)C2)C1. The Morgan fingerprint density at radius 3 is 2.70 bits per heavy atom. The molecule has 0 bridgehead atoms. The fraction of sp³-hybridized carbons (Fsp3) is 0.600. The van der Waals surface area contributed by atoms with Crippen LogP contribution in [0.1, 0.15) is 25.7 Å². The molecular formula is C15H21IN2O2. The molecule has 2 aliphatic rings. The number of ether oxygens (including phenoxy) is 1. The van der Waals surface area contributed by atoms with E-state index in [0.29, 0.717) is 12.1 Å². The van der Waals surface area contributed by atoms with E-state index >= 15 is 0 Å². The Morgan fingerprint density at radius 2 is 1.95 bits per heavy atom. The number of likely N-dealkylation sites (tertiary alicyclic amines) is 1. The van der Waals surface area contributed by atoms with E-state index in [0.717, 1.165) is 31.7 Å². The van der Waals surface area contributed by atoms with Gasteiger partial charge in [-0.1, -0.05) is 12.1 Å². The predicted molar refractivity (Wildman–Crippen MR) is 86.5 cm³/mol. The molecule has 1 aromatic rings. The van der Waals surface area contributed by atoms with Crippen molar-refractivity contribution in [2.45, 2.75) is 43.9 Å². The van der Waals surface area contributed by atoms with Gasteiger partial charge in [0.25, 0.3) is 0 Å². The van der Waals surface area contributed by atoms with Crippen molar-refractivity contribution in [3.8, 4) is 5.75 Å². The summed E-state index contributed by atoms with van der Waals surface area (Å²) < 4.78 is 7.23. The van der Waals surface area contributed by atoms with Gasteiger partial charge in [0.15, 0.2) is 0 Å². The zero-order chi connectivity index (χ0) is 13.9. The van der Waals surface area contributed by atoms with Crippen LogP contribution in [0, 0.1) is 3.57 Å². The molecule has 0 radical (unpaired) electrons. The minimum absolute atomic E-state index is 0.240. The molecule has 0 aromatic heterocycles. The average Bonchev–Trinajstić information content (AvgIpc) is 2.44.